The van der Waals surface area contributed by atoms with E-state index in [2.05, 4.69) is 10.0 Å². The summed E-state index contributed by atoms with van der Waals surface area (Å²) in [5.74, 6) is -0.104. The summed E-state index contributed by atoms with van der Waals surface area (Å²) in [5.41, 5.74) is 2.21. The van der Waals surface area contributed by atoms with E-state index in [1.165, 1.54) is 7.11 Å². The molecule has 6 nitrogen and oxygen atoms in total. The Bertz CT molecular complexity index is 628. The van der Waals surface area contributed by atoms with Gasteiger partial charge in [0, 0.05) is 24.9 Å². The fourth-order valence-corrected chi connectivity index (χ4v) is 3.56. The standard InChI is InChI=1S/C14H20N2O4S/c1-10(20-2)9-21(18,19)16-12-6-7-13-11(8-12)4-3-5-14(17)15-13/h6-8,10,16H,3-5,9H2,1-2H3,(H,15,17)/t10-/m0/s1. The van der Waals surface area contributed by atoms with Crippen molar-refractivity contribution in [1.29, 1.82) is 0 Å². The van der Waals surface area contributed by atoms with Gasteiger partial charge in [0.05, 0.1) is 11.9 Å². The van der Waals surface area contributed by atoms with Crippen LogP contribution in [0.25, 0.3) is 0 Å². The number of hydrogen-bond acceptors (Lipinski definition) is 4. The molecule has 0 saturated carbocycles. The van der Waals surface area contributed by atoms with Crippen molar-refractivity contribution >= 4 is 27.3 Å². The third-order valence-electron chi connectivity index (χ3n) is 3.36. The molecule has 0 spiro atoms. The number of methoxy groups -OCH3 is 1. The van der Waals surface area contributed by atoms with E-state index in [0.29, 0.717) is 12.1 Å². The fourth-order valence-electron chi connectivity index (χ4n) is 2.24. The number of nitrogens with one attached hydrogen (secondary N) is 2. The van der Waals surface area contributed by atoms with Gasteiger partial charge in [0.1, 0.15) is 0 Å². The highest BCUT2D eigenvalue weighted by Crippen LogP contribution is 2.25. The predicted molar refractivity (Wildman–Crippen MR) is 81.9 cm³/mol. The lowest BCUT2D eigenvalue weighted by molar-refractivity contribution is -0.116. The van der Waals surface area contributed by atoms with Gasteiger partial charge in [-0.15, -0.1) is 0 Å². The second kappa shape index (κ2) is 6.44. The molecule has 0 aliphatic carbocycles. The molecule has 116 valence electrons. The van der Waals surface area contributed by atoms with Crippen molar-refractivity contribution in [3.05, 3.63) is 23.8 Å². The van der Waals surface area contributed by atoms with E-state index in [0.717, 1.165) is 24.1 Å². The van der Waals surface area contributed by atoms with E-state index in [9.17, 15) is 13.2 Å². The maximum atomic E-state index is 12.0. The van der Waals surface area contributed by atoms with E-state index >= 15 is 0 Å². The largest absolute Gasteiger partial charge is 0.381 e. The third kappa shape index (κ3) is 4.44. The van der Waals surface area contributed by atoms with Crippen LogP contribution in [0.2, 0.25) is 0 Å². The lowest BCUT2D eigenvalue weighted by Crippen LogP contribution is -2.25. The van der Waals surface area contributed by atoms with E-state index in [4.69, 9.17) is 4.74 Å². The van der Waals surface area contributed by atoms with E-state index < -0.39 is 10.0 Å². The molecule has 1 aromatic carbocycles. The lowest BCUT2D eigenvalue weighted by atomic mass is 10.1. The quantitative estimate of drug-likeness (QED) is 0.867. The second-order valence-corrected chi connectivity index (χ2v) is 6.97. The number of carbonyl (C=O) groups excluding carboxylic acids is 1. The number of anilines is 2. The minimum absolute atomic E-state index is 0.00370. The van der Waals surface area contributed by atoms with Crippen LogP contribution >= 0.6 is 0 Å². The molecule has 2 rings (SSSR count). The SMILES string of the molecule is CO[C@@H](C)CS(=O)(=O)Nc1ccc2c(c1)CCCC(=O)N2. The smallest absolute Gasteiger partial charge is 0.235 e. The van der Waals surface area contributed by atoms with Crippen LogP contribution in [0.4, 0.5) is 11.4 Å². The van der Waals surface area contributed by atoms with Crippen LogP contribution in [0.1, 0.15) is 25.3 Å². The summed E-state index contributed by atoms with van der Waals surface area (Å²) in [4.78, 5) is 11.5. The summed E-state index contributed by atoms with van der Waals surface area (Å²) in [7, 11) is -1.98. The van der Waals surface area contributed by atoms with Crippen molar-refractivity contribution in [3.63, 3.8) is 0 Å². The second-order valence-electron chi connectivity index (χ2n) is 5.20. The summed E-state index contributed by atoms with van der Waals surface area (Å²) in [6, 6.07) is 5.16. The molecule has 1 aliphatic rings. The highest BCUT2D eigenvalue weighted by atomic mass is 32.2. The first-order chi connectivity index (χ1) is 9.89. The van der Waals surface area contributed by atoms with Gasteiger partial charge < -0.3 is 10.1 Å². The molecule has 0 radical (unpaired) electrons. The summed E-state index contributed by atoms with van der Waals surface area (Å²) < 4.78 is 31.5. The monoisotopic (exact) mass is 312 g/mol. The Morgan fingerprint density at radius 2 is 2.14 bits per heavy atom. The van der Waals surface area contributed by atoms with Crippen LogP contribution in [0, 0.1) is 0 Å². The fraction of sp³-hybridized carbons (Fsp3) is 0.500. The summed E-state index contributed by atoms with van der Waals surface area (Å²) in [6.45, 7) is 1.70. The molecule has 0 bridgehead atoms. The highest BCUT2D eigenvalue weighted by molar-refractivity contribution is 7.92. The molecule has 1 aromatic rings. The number of carbonyl (C=O) groups is 1. The van der Waals surface area contributed by atoms with Gasteiger partial charge in [-0.25, -0.2) is 8.42 Å². The van der Waals surface area contributed by atoms with Crippen LogP contribution in [-0.2, 0) is 26.0 Å². The topological polar surface area (TPSA) is 84.5 Å². The van der Waals surface area contributed by atoms with Gasteiger partial charge in [0.2, 0.25) is 15.9 Å². The minimum Gasteiger partial charge on any atom is -0.381 e. The molecule has 0 aromatic heterocycles. The van der Waals surface area contributed by atoms with Crippen molar-refractivity contribution in [2.75, 3.05) is 22.9 Å². The Balaban J connectivity index is 2.15. The van der Waals surface area contributed by atoms with Gasteiger partial charge in [-0.3, -0.25) is 9.52 Å². The van der Waals surface area contributed by atoms with Crippen molar-refractivity contribution in [1.82, 2.24) is 0 Å². The van der Waals surface area contributed by atoms with Crippen molar-refractivity contribution in [2.24, 2.45) is 0 Å². The Kier molecular flexibility index (Phi) is 4.84. The van der Waals surface area contributed by atoms with Crippen LogP contribution in [-0.4, -0.2) is 33.3 Å². The predicted octanol–water partition coefficient (Wildman–Crippen LogP) is 1.74. The molecule has 2 N–H and O–H groups in total. The van der Waals surface area contributed by atoms with Gasteiger partial charge in [0.25, 0.3) is 0 Å². The maximum Gasteiger partial charge on any atom is 0.235 e. The number of amides is 1. The zero-order valence-electron chi connectivity index (χ0n) is 12.2. The van der Waals surface area contributed by atoms with E-state index in [-0.39, 0.29) is 17.8 Å². The zero-order valence-corrected chi connectivity index (χ0v) is 13.0. The van der Waals surface area contributed by atoms with E-state index in [1.54, 1.807) is 25.1 Å². The summed E-state index contributed by atoms with van der Waals surface area (Å²) in [6.07, 6.45) is 1.62. The van der Waals surface area contributed by atoms with Crippen LogP contribution < -0.4 is 10.0 Å². The molecular formula is C14H20N2O4S. The molecule has 21 heavy (non-hydrogen) atoms. The van der Waals surface area contributed by atoms with Crippen LogP contribution in [0.3, 0.4) is 0 Å². The van der Waals surface area contributed by atoms with Gasteiger partial charge >= 0.3 is 0 Å². The average Bonchev–Trinajstić information content (AvgIpc) is 2.58. The lowest BCUT2D eigenvalue weighted by Gasteiger charge is -2.14. The Hall–Kier alpha value is -1.60. The van der Waals surface area contributed by atoms with Gasteiger partial charge in [-0.05, 0) is 43.5 Å². The Morgan fingerprint density at radius 3 is 2.86 bits per heavy atom. The first kappa shape index (κ1) is 15.8. The van der Waals surface area contributed by atoms with Crippen molar-refractivity contribution < 1.29 is 17.9 Å². The molecule has 0 unspecified atom stereocenters. The number of hydrogen-bond donors (Lipinski definition) is 2. The Labute approximate surface area is 124 Å². The average molecular weight is 312 g/mol. The zero-order chi connectivity index (χ0) is 15.5. The number of fused-ring (bicyclic) bond motifs is 1. The normalized spacial score (nSPS) is 16.6. The molecule has 1 heterocycles. The highest BCUT2D eigenvalue weighted by Gasteiger charge is 2.17. The molecule has 0 fully saturated rings. The third-order valence-corrected chi connectivity index (χ3v) is 4.81. The number of aryl methyl sites for hydroxylation is 1. The number of sulfonamides is 1. The summed E-state index contributed by atoms with van der Waals surface area (Å²) >= 11 is 0. The molecule has 0 saturated heterocycles. The summed E-state index contributed by atoms with van der Waals surface area (Å²) in [5, 5.41) is 2.82. The molecular weight excluding hydrogens is 292 g/mol. The van der Waals surface area contributed by atoms with Gasteiger partial charge in [-0.2, -0.15) is 0 Å². The maximum absolute atomic E-state index is 12.0. The van der Waals surface area contributed by atoms with Gasteiger partial charge in [-0.1, -0.05) is 0 Å². The molecule has 1 amide bonds. The first-order valence-electron chi connectivity index (χ1n) is 6.85. The van der Waals surface area contributed by atoms with E-state index in [1.807, 2.05) is 0 Å². The van der Waals surface area contributed by atoms with Gasteiger partial charge in [0.15, 0.2) is 0 Å². The number of ether oxygens (including phenoxy) is 1. The first-order valence-corrected chi connectivity index (χ1v) is 8.51. The minimum atomic E-state index is -3.45. The number of rotatable bonds is 5. The van der Waals surface area contributed by atoms with Crippen LogP contribution in [0.5, 0.6) is 0 Å². The number of benzene rings is 1. The van der Waals surface area contributed by atoms with Crippen molar-refractivity contribution in [2.45, 2.75) is 32.3 Å². The van der Waals surface area contributed by atoms with Crippen LogP contribution in [0.15, 0.2) is 18.2 Å². The molecule has 1 atom stereocenters. The molecule has 1 aliphatic heterocycles. The Morgan fingerprint density at radius 1 is 1.38 bits per heavy atom. The van der Waals surface area contributed by atoms with Crippen molar-refractivity contribution in [3.8, 4) is 0 Å². The molecule has 7 heteroatoms.